The summed E-state index contributed by atoms with van der Waals surface area (Å²) in [5.41, 5.74) is 5.93. The van der Waals surface area contributed by atoms with Crippen molar-refractivity contribution in [2.45, 2.75) is 6.42 Å². The predicted octanol–water partition coefficient (Wildman–Crippen LogP) is 2.35. The van der Waals surface area contributed by atoms with Gasteiger partial charge >= 0.3 is 0 Å². The molecule has 7 nitrogen and oxygen atoms in total. The number of nitrogens with one attached hydrogen (secondary N) is 2. The van der Waals surface area contributed by atoms with E-state index in [2.05, 4.69) is 10.6 Å². The average Bonchev–Trinajstić information content (AvgIpc) is 3.02. The largest absolute Gasteiger partial charge is 0.506 e. The molecule has 1 aromatic carbocycles. The first kappa shape index (κ1) is 19.3. The molecule has 2 amide bonds. The Hall–Kier alpha value is -2.77. The van der Waals surface area contributed by atoms with Gasteiger partial charge in [0.25, 0.3) is 0 Å². The second-order valence-corrected chi connectivity index (χ2v) is 4.66. The Morgan fingerprint density at radius 1 is 1.25 bits per heavy atom. The van der Waals surface area contributed by atoms with Crippen molar-refractivity contribution >= 4 is 41.7 Å². The second-order valence-electron chi connectivity index (χ2n) is 4.66. The summed E-state index contributed by atoms with van der Waals surface area (Å²) in [6.45, 7) is 0.209. The Bertz CT molecular complexity index is 714. The quantitative estimate of drug-likeness (QED) is 0.362. The molecular formula is C16H18ClN3O4. The molecular weight excluding hydrogens is 334 g/mol. The molecule has 0 unspecified atom stereocenters. The van der Waals surface area contributed by atoms with Gasteiger partial charge in [-0.05, 0) is 36.4 Å². The third-order valence-corrected chi connectivity index (χ3v) is 2.85. The number of nitrogens with two attached hydrogens (primary N) is 1. The normalized spacial score (nSPS) is 10.2. The highest BCUT2D eigenvalue weighted by Gasteiger charge is 2.08. The number of amides is 2. The van der Waals surface area contributed by atoms with Crippen molar-refractivity contribution in [3.8, 4) is 5.75 Å². The number of benzene rings is 1. The van der Waals surface area contributed by atoms with Crippen LogP contribution in [0.25, 0.3) is 6.08 Å². The number of halogens is 1. The smallest absolute Gasteiger partial charge is 0.248 e. The van der Waals surface area contributed by atoms with Crippen LogP contribution < -0.4 is 16.4 Å². The number of hydrogen-bond donors (Lipinski definition) is 4. The summed E-state index contributed by atoms with van der Waals surface area (Å²) in [5.74, 6) is -0.226. The first-order valence-corrected chi connectivity index (χ1v) is 6.94. The number of phenolic OH excluding ortho intramolecular Hbond substituents is 1. The number of furan rings is 1. The van der Waals surface area contributed by atoms with Crippen LogP contribution >= 0.6 is 12.4 Å². The van der Waals surface area contributed by atoms with Crippen LogP contribution in [0, 0.1) is 0 Å². The number of carbonyl (C=O) groups excluding carboxylic acids is 2. The van der Waals surface area contributed by atoms with Gasteiger partial charge in [-0.3, -0.25) is 9.59 Å². The summed E-state index contributed by atoms with van der Waals surface area (Å²) < 4.78 is 5.08. The zero-order valence-electron chi connectivity index (χ0n) is 12.7. The van der Waals surface area contributed by atoms with Gasteiger partial charge in [-0.15, -0.1) is 12.4 Å². The molecule has 0 radical (unpaired) electrons. The topological polar surface area (TPSA) is 118 Å². The highest BCUT2D eigenvalue weighted by molar-refractivity contribution is 6.02. The molecule has 0 bridgehead atoms. The van der Waals surface area contributed by atoms with Crippen molar-refractivity contribution in [1.29, 1.82) is 0 Å². The molecule has 1 heterocycles. The van der Waals surface area contributed by atoms with E-state index >= 15 is 0 Å². The van der Waals surface area contributed by atoms with Gasteiger partial charge in [0.2, 0.25) is 11.8 Å². The van der Waals surface area contributed by atoms with Crippen molar-refractivity contribution in [3.63, 3.8) is 0 Å². The fourth-order valence-electron chi connectivity index (χ4n) is 1.79. The van der Waals surface area contributed by atoms with Gasteiger partial charge < -0.3 is 25.9 Å². The third kappa shape index (κ3) is 5.79. The minimum Gasteiger partial charge on any atom is -0.506 e. The summed E-state index contributed by atoms with van der Waals surface area (Å²) in [6, 6.07) is 7.79. The predicted molar refractivity (Wildman–Crippen MR) is 94.0 cm³/mol. The van der Waals surface area contributed by atoms with Crippen molar-refractivity contribution in [2.75, 3.05) is 17.2 Å². The molecule has 2 aromatic rings. The third-order valence-electron chi connectivity index (χ3n) is 2.85. The van der Waals surface area contributed by atoms with Crippen LogP contribution in [0.1, 0.15) is 12.2 Å². The molecule has 0 saturated carbocycles. The van der Waals surface area contributed by atoms with Crippen LogP contribution in [-0.2, 0) is 9.59 Å². The summed E-state index contributed by atoms with van der Waals surface area (Å²) in [6.07, 6.45) is 4.49. The Labute approximate surface area is 144 Å². The van der Waals surface area contributed by atoms with Crippen LogP contribution in [0.4, 0.5) is 11.4 Å². The van der Waals surface area contributed by atoms with Gasteiger partial charge in [-0.1, -0.05) is 0 Å². The molecule has 24 heavy (non-hydrogen) atoms. The van der Waals surface area contributed by atoms with Crippen LogP contribution in [0.5, 0.6) is 5.75 Å². The summed E-state index contributed by atoms with van der Waals surface area (Å²) in [5, 5.41) is 14.9. The molecule has 0 saturated heterocycles. The van der Waals surface area contributed by atoms with E-state index in [4.69, 9.17) is 10.2 Å². The second kappa shape index (κ2) is 9.39. The highest BCUT2D eigenvalue weighted by Crippen LogP contribution is 2.26. The van der Waals surface area contributed by atoms with Crippen LogP contribution in [-0.4, -0.2) is 23.5 Å². The van der Waals surface area contributed by atoms with Crippen LogP contribution in [0.3, 0.4) is 0 Å². The Morgan fingerprint density at radius 2 is 2.04 bits per heavy atom. The molecule has 0 spiro atoms. The average molecular weight is 352 g/mol. The number of phenols is 1. The minimum atomic E-state index is -0.369. The van der Waals surface area contributed by atoms with Crippen molar-refractivity contribution in [3.05, 3.63) is 48.4 Å². The van der Waals surface area contributed by atoms with E-state index in [1.54, 1.807) is 12.1 Å². The van der Waals surface area contributed by atoms with Gasteiger partial charge in [-0.2, -0.15) is 0 Å². The van der Waals surface area contributed by atoms with Gasteiger partial charge in [0.1, 0.15) is 11.5 Å². The number of aromatic hydroxyl groups is 1. The maximum atomic E-state index is 11.8. The standard InChI is InChI=1S/C16H17N3O4.ClH/c17-8-7-16(22)19-13-10-11(3-5-14(13)20)18-15(21)6-4-12-2-1-9-23-12;/h1-6,9-10,20H,7-8,17H2,(H,18,21)(H,19,22);1H/b6-4+;. The van der Waals surface area contributed by atoms with E-state index in [0.717, 1.165) is 0 Å². The van der Waals surface area contributed by atoms with Crippen molar-refractivity contribution < 1.29 is 19.1 Å². The zero-order valence-corrected chi connectivity index (χ0v) is 13.5. The lowest BCUT2D eigenvalue weighted by Gasteiger charge is -2.09. The lowest BCUT2D eigenvalue weighted by molar-refractivity contribution is -0.116. The monoisotopic (exact) mass is 351 g/mol. The van der Waals surface area contributed by atoms with E-state index < -0.39 is 0 Å². The number of hydrogen-bond acceptors (Lipinski definition) is 5. The summed E-state index contributed by atoms with van der Waals surface area (Å²) in [7, 11) is 0. The molecule has 1 aromatic heterocycles. The molecule has 0 fully saturated rings. The SMILES string of the molecule is Cl.NCCC(=O)Nc1cc(NC(=O)/C=C/c2ccco2)ccc1O. The molecule has 0 atom stereocenters. The lowest BCUT2D eigenvalue weighted by Crippen LogP contribution is -2.16. The minimum absolute atomic E-state index is 0. The maximum absolute atomic E-state index is 11.8. The molecule has 2 rings (SSSR count). The fourth-order valence-corrected chi connectivity index (χ4v) is 1.79. The first-order chi connectivity index (χ1) is 11.1. The number of carbonyl (C=O) groups is 2. The van der Waals surface area contributed by atoms with E-state index in [-0.39, 0.29) is 48.6 Å². The first-order valence-electron chi connectivity index (χ1n) is 6.94. The number of rotatable bonds is 6. The fraction of sp³-hybridized carbons (Fsp3) is 0.125. The Balaban J connectivity index is 0.00000288. The van der Waals surface area contributed by atoms with E-state index in [0.29, 0.717) is 11.4 Å². The molecule has 5 N–H and O–H groups in total. The Kier molecular flexibility index (Phi) is 7.54. The van der Waals surface area contributed by atoms with Gasteiger partial charge in [0.15, 0.2) is 0 Å². The molecule has 0 aliphatic rings. The van der Waals surface area contributed by atoms with E-state index in [9.17, 15) is 14.7 Å². The van der Waals surface area contributed by atoms with E-state index in [1.807, 2.05) is 0 Å². The van der Waals surface area contributed by atoms with Gasteiger partial charge in [-0.25, -0.2) is 0 Å². The van der Waals surface area contributed by atoms with Crippen LogP contribution in [0.2, 0.25) is 0 Å². The molecule has 0 aliphatic heterocycles. The van der Waals surface area contributed by atoms with E-state index in [1.165, 1.54) is 36.6 Å². The lowest BCUT2D eigenvalue weighted by atomic mass is 10.2. The van der Waals surface area contributed by atoms with Gasteiger partial charge in [0, 0.05) is 24.7 Å². The van der Waals surface area contributed by atoms with Gasteiger partial charge in [0.05, 0.1) is 12.0 Å². The van der Waals surface area contributed by atoms with Crippen LogP contribution in [0.15, 0.2) is 47.1 Å². The highest BCUT2D eigenvalue weighted by atomic mass is 35.5. The maximum Gasteiger partial charge on any atom is 0.248 e. The van der Waals surface area contributed by atoms with Crippen molar-refractivity contribution in [2.24, 2.45) is 5.73 Å². The molecule has 8 heteroatoms. The summed E-state index contributed by atoms with van der Waals surface area (Å²) >= 11 is 0. The Morgan fingerprint density at radius 3 is 2.71 bits per heavy atom. The molecule has 128 valence electrons. The number of anilines is 2. The zero-order chi connectivity index (χ0) is 16.7. The summed E-state index contributed by atoms with van der Waals surface area (Å²) in [4.78, 5) is 23.3. The van der Waals surface area contributed by atoms with Crippen molar-refractivity contribution in [1.82, 2.24) is 0 Å². The molecule has 0 aliphatic carbocycles.